The van der Waals surface area contributed by atoms with Crippen molar-refractivity contribution < 1.29 is 19.2 Å². The van der Waals surface area contributed by atoms with E-state index in [2.05, 4.69) is 10.1 Å². The van der Waals surface area contributed by atoms with E-state index in [1.165, 1.54) is 0 Å². The van der Waals surface area contributed by atoms with E-state index in [1.54, 1.807) is 4.90 Å². The van der Waals surface area contributed by atoms with Crippen LogP contribution in [0.4, 0.5) is 0 Å². The smallest absolute Gasteiger partial charge is 0.323 e. The number of hydrogen-bond donors (Lipinski definition) is 1. The number of morpholine rings is 1. The van der Waals surface area contributed by atoms with Gasteiger partial charge in [-0.25, -0.2) is 0 Å². The molecule has 7 heteroatoms. The standard InChI is InChI=1S/C11H15N3O4/c15-11(16)8-6-17-4-3-14(8)5-9-12-10(13-18-9)7-1-2-7/h7-8H,1-6H2,(H,15,16). The fourth-order valence-electron chi connectivity index (χ4n) is 2.07. The molecule has 1 aromatic rings. The molecule has 0 bridgehead atoms. The predicted molar refractivity (Wildman–Crippen MR) is 58.9 cm³/mol. The molecule has 7 nitrogen and oxygen atoms in total. The second-order valence-electron chi connectivity index (χ2n) is 4.72. The number of carboxylic acids is 1. The van der Waals surface area contributed by atoms with Gasteiger partial charge < -0.3 is 14.4 Å². The molecule has 0 radical (unpaired) electrons. The summed E-state index contributed by atoms with van der Waals surface area (Å²) in [5.41, 5.74) is 0. The summed E-state index contributed by atoms with van der Waals surface area (Å²) >= 11 is 0. The third-order valence-corrected chi connectivity index (χ3v) is 3.29. The first-order chi connectivity index (χ1) is 8.74. The lowest BCUT2D eigenvalue weighted by atomic mass is 10.2. The van der Waals surface area contributed by atoms with E-state index < -0.39 is 12.0 Å². The molecule has 3 rings (SSSR count). The van der Waals surface area contributed by atoms with E-state index in [1.807, 2.05) is 0 Å². The van der Waals surface area contributed by atoms with Gasteiger partial charge in [-0.05, 0) is 12.8 Å². The third kappa shape index (κ3) is 2.37. The molecule has 0 amide bonds. The summed E-state index contributed by atoms with van der Waals surface area (Å²) in [5.74, 6) is 0.814. The van der Waals surface area contributed by atoms with Crippen molar-refractivity contribution in [2.75, 3.05) is 19.8 Å². The summed E-state index contributed by atoms with van der Waals surface area (Å²) in [5, 5.41) is 13.0. The Morgan fingerprint density at radius 3 is 3.06 bits per heavy atom. The highest BCUT2D eigenvalue weighted by Gasteiger charge is 2.32. The van der Waals surface area contributed by atoms with E-state index in [0.29, 0.717) is 31.5 Å². The molecular formula is C11H15N3O4. The highest BCUT2D eigenvalue weighted by atomic mass is 16.5. The number of nitrogens with zero attached hydrogens (tertiary/aromatic N) is 3. The van der Waals surface area contributed by atoms with Crippen molar-refractivity contribution in [3.63, 3.8) is 0 Å². The highest BCUT2D eigenvalue weighted by Crippen LogP contribution is 2.38. The van der Waals surface area contributed by atoms with Crippen LogP contribution in [0.15, 0.2) is 4.52 Å². The summed E-state index contributed by atoms with van der Waals surface area (Å²) in [4.78, 5) is 17.2. The van der Waals surface area contributed by atoms with E-state index in [9.17, 15) is 4.79 Å². The first-order valence-corrected chi connectivity index (χ1v) is 6.11. The second kappa shape index (κ2) is 4.66. The summed E-state index contributed by atoms with van der Waals surface area (Å²) in [6.45, 7) is 1.69. The van der Waals surface area contributed by atoms with Crippen molar-refractivity contribution in [1.82, 2.24) is 15.0 Å². The van der Waals surface area contributed by atoms with Crippen molar-refractivity contribution >= 4 is 5.97 Å². The van der Waals surface area contributed by atoms with Crippen LogP contribution >= 0.6 is 0 Å². The van der Waals surface area contributed by atoms with Crippen molar-refractivity contribution in [3.8, 4) is 0 Å². The summed E-state index contributed by atoms with van der Waals surface area (Å²) < 4.78 is 10.3. The van der Waals surface area contributed by atoms with Crippen LogP contribution in [0, 0.1) is 0 Å². The number of carbonyl (C=O) groups is 1. The summed E-state index contributed by atoms with van der Waals surface area (Å²) in [7, 11) is 0. The topological polar surface area (TPSA) is 88.7 Å². The zero-order valence-corrected chi connectivity index (χ0v) is 9.91. The van der Waals surface area contributed by atoms with E-state index >= 15 is 0 Å². The van der Waals surface area contributed by atoms with Gasteiger partial charge in [-0.15, -0.1) is 0 Å². The Balaban J connectivity index is 1.67. The van der Waals surface area contributed by atoms with Crippen molar-refractivity contribution in [3.05, 3.63) is 11.7 Å². The van der Waals surface area contributed by atoms with Gasteiger partial charge in [0.2, 0.25) is 5.89 Å². The van der Waals surface area contributed by atoms with E-state index in [4.69, 9.17) is 14.4 Å². The van der Waals surface area contributed by atoms with Gasteiger partial charge in [0.25, 0.3) is 0 Å². The lowest BCUT2D eigenvalue weighted by molar-refractivity contribution is -0.150. The van der Waals surface area contributed by atoms with Gasteiger partial charge in [-0.2, -0.15) is 4.98 Å². The number of carboxylic acid groups (broad SMARTS) is 1. The highest BCUT2D eigenvalue weighted by molar-refractivity contribution is 5.73. The van der Waals surface area contributed by atoms with Crippen molar-refractivity contribution in [1.29, 1.82) is 0 Å². The van der Waals surface area contributed by atoms with Gasteiger partial charge in [0.15, 0.2) is 5.82 Å². The molecule has 1 unspecified atom stereocenters. The summed E-state index contributed by atoms with van der Waals surface area (Å²) in [6.07, 6.45) is 2.24. The minimum Gasteiger partial charge on any atom is -0.480 e. The monoisotopic (exact) mass is 253 g/mol. The van der Waals surface area contributed by atoms with Gasteiger partial charge in [-0.3, -0.25) is 9.69 Å². The number of ether oxygens (including phenoxy) is 1. The molecule has 2 heterocycles. The molecule has 1 aliphatic heterocycles. The SMILES string of the molecule is O=C(O)C1COCCN1Cc1nc(C2CC2)no1. The number of aromatic nitrogens is 2. The Labute approximate surface area is 104 Å². The molecule has 2 aliphatic rings. The van der Waals surface area contributed by atoms with Crippen molar-refractivity contribution in [2.24, 2.45) is 0 Å². The van der Waals surface area contributed by atoms with Crippen LogP contribution in [0.2, 0.25) is 0 Å². The van der Waals surface area contributed by atoms with Crippen LogP contribution in [0.25, 0.3) is 0 Å². The fraction of sp³-hybridized carbons (Fsp3) is 0.727. The maximum atomic E-state index is 11.1. The Kier molecular flexibility index (Phi) is 3.00. The van der Waals surface area contributed by atoms with Gasteiger partial charge >= 0.3 is 5.97 Å². The molecule has 2 fully saturated rings. The first kappa shape index (κ1) is 11.6. The molecule has 1 N–H and O–H groups in total. The average Bonchev–Trinajstić information content (AvgIpc) is 3.11. The van der Waals surface area contributed by atoms with Crippen LogP contribution in [0.1, 0.15) is 30.5 Å². The molecular weight excluding hydrogens is 238 g/mol. The number of rotatable bonds is 4. The average molecular weight is 253 g/mol. The Morgan fingerprint density at radius 1 is 1.50 bits per heavy atom. The van der Waals surface area contributed by atoms with Gasteiger partial charge in [0.1, 0.15) is 6.04 Å². The second-order valence-corrected chi connectivity index (χ2v) is 4.72. The molecule has 1 saturated heterocycles. The third-order valence-electron chi connectivity index (χ3n) is 3.29. The minimum atomic E-state index is -0.878. The Morgan fingerprint density at radius 2 is 2.33 bits per heavy atom. The molecule has 1 atom stereocenters. The molecule has 98 valence electrons. The number of hydrogen-bond acceptors (Lipinski definition) is 6. The minimum absolute atomic E-state index is 0.207. The van der Waals surface area contributed by atoms with Crippen LogP contribution in [-0.2, 0) is 16.1 Å². The van der Waals surface area contributed by atoms with Crippen LogP contribution in [0.3, 0.4) is 0 Å². The van der Waals surface area contributed by atoms with Crippen LogP contribution in [-0.4, -0.2) is 51.9 Å². The maximum Gasteiger partial charge on any atom is 0.323 e. The van der Waals surface area contributed by atoms with Gasteiger partial charge in [-0.1, -0.05) is 5.16 Å². The quantitative estimate of drug-likeness (QED) is 0.821. The molecule has 0 spiro atoms. The largest absolute Gasteiger partial charge is 0.480 e. The molecule has 1 saturated carbocycles. The van der Waals surface area contributed by atoms with E-state index in [-0.39, 0.29) is 6.61 Å². The first-order valence-electron chi connectivity index (χ1n) is 6.11. The van der Waals surface area contributed by atoms with Crippen molar-refractivity contribution in [2.45, 2.75) is 31.3 Å². The zero-order valence-electron chi connectivity index (χ0n) is 9.91. The lowest BCUT2D eigenvalue weighted by Gasteiger charge is -2.31. The summed E-state index contributed by atoms with van der Waals surface area (Å²) in [6, 6.07) is -0.630. The Bertz CT molecular complexity index is 443. The number of aliphatic carboxylic acids is 1. The van der Waals surface area contributed by atoms with Crippen LogP contribution in [0.5, 0.6) is 0 Å². The molecule has 18 heavy (non-hydrogen) atoms. The molecule has 1 aliphatic carbocycles. The van der Waals surface area contributed by atoms with Gasteiger partial charge in [0.05, 0.1) is 19.8 Å². The molecule has 0 aromatic carbocycles. The lowest BCUT2D eigenvalue weighted by Crippen LogP contribution is -2.49. The normalized spacial score (nSPS) is 25.2. The van der Waals surface area contributed by atoms with E-state index in [0.717, 1.165) is 18.7 Å². The fourth-order valence-corrected chi connectivity index (χ4v) is 2.07. The predicted octanol–water partition coefficient (Wildman–Crippen LogP) is 0.232. The molecule has 1 aromatic heterocycles. The van der Waals surface area contributed by atoms with Crippen LogP contribution < -0.4 is 0 Å². The zero-order chi connectivity index (χ0) is 12.5. The van der Waals surface area contributed by atoms with Gasteiger partial charge in [0, 0.05) is 12.5 Å². The Hall–Kier alpha value is -1.47. The maximum absolute atomic E-state index is 11.1.